The van der Waals surface area contributed by atoms with E-state index in [1.807, 2.05) is 0 Å². The maximum absolute atomic E-state index is 14.5. The van der Waals surface area contributed by atoms with Crippen molar-refractivity contribution in [2.75, 3.05) is 20.8 Å². The van der Waals surface area contributed by atoms with Crippen LogP contribution in [0.4, 0.5) is 4.39 Å². The topological polar surface area (TPSA) is 60.0 Å². The number of carbonyl (C=O) groups excluding carboxylic acids is 1. The number of alkyl halides is 1. The Bertz CT molecular complexity index is 440. The lowest BCUT2D eigenvalue weighted by Gasteiger charge is -2.33. The minimum absolute atomic E-state index is 0.227. The van der Waals surface area contributed by atoms with Gasteiger partial charge in [0.25, 0.3) is 5.91 Å². The number of methoxy groups -OCH3 is 2. The number of halogens is 1. The van der Waals surface area contributed by atoms with Crippen LogP contribution in [0.1, 0.15) is 6.92 Å². The second-order valence-electron chi connectivity index (χ2n) is 4.79. The van der Waals surface area contributed by atoms with E-state index < -0.39 is 24.6 Å². The second kappa shape index (κ2) is 5.90. The first-order valence-corrected chi connectivity index (χ1v) is 6.28. The van der Waals surface area contributed by atoms with Crippen LogP contribution >= 0.6 is 0 Å². The highest BCUT2D eigenvalue weighted by atomic mass is 19.1. The van der Waals surface area contributed by atoms with Crippen molar-refractivity contribution in [3.8, 4) is 0 Å². The highest BCUT2D eigenvalue weighted by molar-refractivity contribution is 5.94. The van der Waals surface area contributed by atoms with Crippen LogP contribution in [0.5, 0.6) is 0 Å². The summed E-state index contributed by atoms with van der Waals surface area (Å²) in [6.45, 7) is 5.58. The van der Waals surface area contributed by atoms with E-state index in [9.17, 15) is 9.18 Å². The molecular weight excluding hydrogens is 267 g/mol. The summed E-state index contributed by atoms with van der Waals surface area (Å²) in [4.78, 5) is 13.0. The van der Waals surface area contributed by atoms with Crippen molar-refractivity contribution < 1.29 is 23.4 Å². The number of nitrogens with one attached hydrogen (secondary N) is 1. The van der Waals surface area contributed by atoms with Crippen molar-refractivity contribution in [3.05, 3.63) is 24.2 Å². The number of hydrogen-bond acceptors (Lipinski definition) is 5. The maximum atomic E-state index is 14.5. The fraction of sp³-hybridized carbons (Fsp3) is 0.615. The van der Waals surface area contributed by atoms with E-state index in [4.69, 9.17) is 14.2 Å². The lowest BCUT2D eigenvalue weighted by atomic mass is 10.1. The van der Waals surface area contributed by atoms with Crippen LogP contribution < -0.4 is 5.32 Å². The van der Waals surface area contributed by atoms with E-state index in [-0.39, 0.29) is 18.3 Å². The molecule has 0 aromatic carbocycles. The molecule has 1 unspecified atom stereocenters. The standard InChI is InChI=1S/C13H19FN2O4/c1-7-5-16(8(2)15-12(7)17)13-10(14)11(19-4)9(20-13)6-18-3/h5,9-11,13H,2,6H2,1,3-4H3,(H,15,17)/t9-,10+,11?,13-/m1/s1. The van der Waals surface area contributed by atoms with Gasteiger partial charge in [0.15, 0.2) is 12.4 Å². The Balaban J connectivity index is 2.20. The number of amides is 1. The van der Waals surface area contributed by atoms with Crippen LogP contribution in [-0.2, 0) is 19.0 Å². The number of nitrogens with zero attached hydrogens (tertiary/aromatic N) is 1. The summed E-state index contributed by atoms with van der Waals surface area (Å²) >= 11 is 0. The predicted molar refractivity (Wildman–Crippen MR) is 69.1 cm³/mol. The van der Waals surface area contributed by atoms with Gasteiger partial charge in [0.1, 0.15) is 18.0 Å². The third-order valence-corrected chi connectivity index (χ3v) is 3.40. The highest BCUT2D eigenvalue weighted by Gasteiger charge is 2.48. The fourth-order valence-electron chi connectivity index (χ4n) is 2.36. The molecule has 2 rings (SSSR count). The van der Waals surface area contributed by atoms with Gasteiger partial charge in [-0.3, -0.25) is 4.79 Å². The number of rotatable bonds is 4. The third-order valence-electron chi connectivity index (χ3n) is 3.40. The lowest BCUT2D eigenvalue weighted by Crippen LogP contribution is -2.46. The van der Waals surface area contributed by atoms with Crippen molar-refractivity contribution in [1.29, 1.82) is 0 Å². The Labute approximate surface area is 117 Å². The molecule has 2 aliphatic rings. The lowest BCUT2D eigenvalue weighted by molar-refractivity contribution is -0.119. The number of hydrogen-bond donors (Lipinski definition) is 1. The van der Waals surface area contributed by atoms with Crippen LogP contribution in [0.2, 0.25) is 0 Å². The van der Waals surface area contributed by atoms with Crippen molar-refractivity contribution in [1.82, 2.24) is 10.2 Å². The van der Waals surface area contributed by atoms with Gasteiger partial charge in [-0.15, -0.1) is 0 Å². The first-order chi connectivity index (χ1) is 9.49. The molecule has 6 nitrogen and oxygen atoms in total. The summed E-state index contributed by atoms with van der Waals surface area (Å²) in [5.74, 6) is 0.0255. The van der Waals surface area contributed by atoms with Gasteiger partial charge in [0, 0.05) is 26.0 Å². The summed E-state index contributed by atoms with van der Waals surface area (Å²) in [5, 5.41) is 2.56. The molecule has 1 N–H and O–H groups in total. The molecule has 1 amide bonds. The molecule has 2 heterocycles. The van der Waals surface area contributed by atoms with Crippen LogP contribution in [0.15, 0.2) is 24.2 Å². The summed E-state index contributed by atoms with van der Waals surface area (Å²) in [6, 6.07) is 0. The molecule has 0 aliphatic carbocycles. The average Bonchev–Trinajstić information content (AvgIpc) is 2.71. The monoisotopic (exact) mass is 286 g/mol. The van der Waals surface area contributed by atoms with Crippen molar-refractivity contribution in [2.45, 2.75) is 31.5 Å². The van der Waals surface area contributed by atoms with E-state index in [2.05, 4.69) is 11.9 Å². The Hall–Kier alpha value is -1.44. The van der Waals surface area contributed by atoms with Crippen molar-refractivity contribution in [2.24, 2.45) is 0 Å². The molecule has 20 heavy (non-hydrogen) atoms. The van der Waals surface area contributed by atoms with Crippen LogP contribution in [0.3, 0.4) is 0 Å². The minimum Gasteiger partial charge on any atom is -0.382 e. The van der Waals surface area contributed by atoms with Gasteiger partial charge < -0.3 is 24.4 Å². The van der Waals surface area contributed by atoms with Crippen molar-refractivity contribution >= 4 is 5.91 Å². The summed E-state index contributed by atoms with van der Waals surface area (Å²) < 4.78 is 30.3. The molecule has 1 saturated heterocycles. The Morgan fingerprint density at radius 1 is 1.55 bits per heavy atom. The second-order valence-corrected chi connectivity index (χ2v) is 4.79. The summed E-state index contributed by atoms with van der Waals surface area (Å²) in [7, 11) is 2.94. The van der Waals surface area contributed by atoms with E-state index in [0.717, 1.165) is 0 Å². The van der Waals surface area contributed by atoms with E-state index in [1.54, 1.807) is 6.92 Å². The van der Waals surface area contributed by atoms with Gasteiger partial charge in [-0.05, 0) is 6.92 Å². The van der Waals surface area contributed by atoms with E-state index >= 15 is 0 Å². The molecule has 0 aromatic rings. The van der Waals surface area contributed by atoms with E-state index in [0.29, 0.717) is 5.57 Å². The van der Waals surface area contributed by atoms with Crippen LogP contribution in [-0.4, -0.2) is 56.2 Å². The smallest absolute Gasteiger partial charge is 0.253 e. The SMILES string of the molecule is C=C1NC(=O)C(C)=CN1[C@@H]1O[C@H](COC)C(OC)[C@@H]1F. The highest BCUT2D eigenvalue weighted by Crippen LogP contribution is 2.31. The molecule has 7 heteroatoms. The molecule has 0 saturated carbocycles. The molecule has 112 valence electrons. The first kappa shape index (κ1) is 15.0. The van der Waals surface area contributed by atoms with Gasteiger partial charge in [-0.1, -0.05) is 6.58 Å². The fourth-order valence-corrected chi connectivity index (χ4v) is 2.36. The zero-order valence-corrected chi connectivity index (χ0v) is 11.8. The third kappa shape index (κ3) is 2.56. The molecule has 2 aliphatic heterocycles. The summed E-state index contributed by atoms with van der Waals surface area (Å²) in [5.41, 5.74) is 0.456. The van der Waals surface area contributed by atoms with Gasteiger partial charge in [0.2, 0.25) is 0 Å². The molecule has 0 radical (unpaired) electrons. The van der Waals surface area contributed by atoms with E-state index in [1.165, 1.54) is 25.3 Å². The maximum Gasteiger partial charge on any atom is 0.253 e. The molecule has 0 aromatic heterocycles. The normalized spacial score (nSPS) is 34.2. The molecular formula is C13H19FN2O4. The van der Waals surface area contributed by atoms with Gasteiger partial charge >= 0.3 is 0 Å². The quantitative estimate of drug-likeness (QED) is 0.816. The van der Waals surface area contributed by atoms with Crippen LogP contribution in [0, 0.1) is 0 Å². The Kier molecular flexibility index (Phi) is 4.42. The summed E-state index contributed by atoms with van der Waals surface area (Å²) in [6.07, 6.45) is -1.98. The first-order valence-electron chi connectivity index (χ1n) is 6.28. The zero-order valence-electron chi connectivity index (χ0n) is 11.8. The average molecular weight is 286 g/mol. The van der Waals surface area contributed by atoms with Crippen molar-refractivity contribution in [3.63, 3.8) is 0 Å². The zero-order chi connectivity index (χ0) is 14.9. The van der Waals surface area contributed by atoms with Gasteiger partial charge in [-0.25, -0.2) is 4.39 Å². The molecule has 0 bridgehead atoms. The van der Waals surface area contributed by atoms with Crippen LogP contribution in [0.25, 0.3) is 0 Å². The Morgan fingerprint density at radius 2 is 2.25 bits per heavy atom. The number of ether oxygens (including phenoxy) is 3. The predicted octanol–water partition coefficient (Wildman–Crippen LogP) is 0.518. The number of carbonyl (C=O) groups is 1. The largest absolute Gasteiger partial charge is 0.382 e. The molecule has 1 fully saturated rings. The Morgan fingerprint density at radius 3 is 2.85 bits per heavy atom. The van der Waals surface area contributed by atoms with Gasteiger partial charge in [0.05, 0.1) is 6.61 Å². The molecule has 0 spiro atoms. The van der Waals surface area contributed by atoms with Gasteiger partial charge in [-0.2, -0.15) is 0 Å². The molecule has 4 atom stereocenters. The minimum atomic E-state index is -1.38.